The molecule has 0 aromatic heterocycles. The molecule has 2 aliphatic rings. The number of likely N-dealkylation sites (tertiary alicyclic amines) is 1. The average molecular weight is 225 g/mol. The van der Waals surface area contributed by atoms with E-state index in [1.807, 2.05) is 0 Å². The number of aliphatic carboxylic acids is 1. The van der Waals surface area contributed by atoms with Crippen molar-refractivity contribution in [1.29, 1.82) is 0 Å². The number of carboxylic acid groups (broad SMARTS) is 1. The Hall–Kier alpha value is -0.570. The molecule has 1 heterocycles. The summed E-state index contributed by atoms with van der Waals surface area (Å²) in [6.07, 6.45) is 9.29. The fraction of sp³-hybridized carbons (Fsp3) is 0.923. The van der Waals surface area contributed by atoms with Crippen molar-refractivity contribution >= 4 is 5.97 Å². The highest BCUT2D eigenvalue weighted by molar-refractivity contribution is 5.67. The van der Waals surface area contributed by atoms with Crippen molar-refractivity contribution in [2.75, 3.05) is 13.1 Å². The van der Waals surface area contributed by atoms with Gasteiger partial charge in [0.05, 0.1) is 6.42 Å². The van der Waals surface area contributed by atoms with Crippen LogP contribution in [0.15, 0.2) is 0 Å². The molecule has 1 aliphatic heterocycles. The van der Waals surface area contributed by atoms with E-state index in [4.69, 9.17) is 5.11 Å². The van der Waals surface area contributed by atoms with Crippen LogP contribution in [-0.2, 0) is 4.79 Å². The average Bonchev–Trinajstić information content (AvgIpc) is 2.80. The molecule has 92 valence electrons. The molecule has 2 rings (SSSR count). The Balaban J connectivity index is 1.96. The van der Waals surface area contributed by atoms with Gasteiger partial charge in [-0.05, 0) is 44.7 Å². The highest BCUT2D eigenvalue weighted by atomic mass is 16.4. The van der Waals surface area contributed by atoms with Crippen molar-refractivity contribution in [3.8, 4) is 0 Å². The van der Waals surface area contributed by atoms with Crippen molar-refractivity contribution in [1.82, 2.24) is 4.90 Å². The first-order valence-corrected chi connectivity index (χ1v) is 6.73. The lowest BCUT2D eigenvalue weighted by molar-refractivity contribution is -0.139. The number of carbonyl (C=O) groups is 1. The van der Waals surface area contributed by atoms with Gasteiger partial charge in [-0.25, -0.2) is 0 Å². The van der Waals surface area contributed by atoms with E-state index in [1.54, 1.807) is 0 Å². The Morgan fingerprint density at radius 2 is 1.75 bits per heavy atom. The molecular formula is C13H23NO2. The number of nitrogens with zero attached hydrogens (tertiary/aromatic N) is 1. The second-order valence-corrected chi connectivity index (χ2v) is 5.31. The zero-order valence-corrected chi connectivity index (χ0v) is 10.0. The van der Waals surface area contributed by atoms with Crippen LogP contribution in [0.1, 0.15) is 51.4 Å². The molecule has 0 amide bonds. The van der Waals surface area contributed by atoms with Crippen molar-refractivity contribution in [2.45, 2.75) is 57.4 Å². The number of rotatable bonds is 4. The van der Waals surface area contributed by atoms with Gasteiger partial charge in [-0.15, -0.1) is 0 Å². The fourth-order valence-corrected chi connectivity index (χ4v) is 3.36. The molecule has 16 heavy (non-hydrogen) atoms. The molecule has 1 saturated carbocycles. The molecule has 0 radical (unpaired) electrons. The van der Waals surface area contributed by atoms with Crippen LogP contribution < -0.4 is 0 Å². The third kappa shape index (κ3) is 2.97. The van der Waals surface area contributed by atoms with Gasteiger partial charge < -0.3 is 5.11 Å². The number of hydrogen-bond acceptors (Lipinski definition) is 2. The molecule has 1 aliphatic carbocycles. The minimum absolute atomic E-state index is 0.320. The monoisotopic (exact) mass is 225 g/mol. The van der Waals surface area contributed by atoms with Crippen LogP contribution >= 0.6 is 0 Å². The molecule has 0 bridgehead atoms. The Labute approximate surface area is 97.8 Å². The molecule has 0 spiro atoms. The van der Waals surface area contributed by atoms with Crippen molar-refractivity contribution in [2.24, 2.45) is 5.92 Å². The third-order valence-corrected chi connectivity index (χ3v) is 4.19. The van der Waals surface area contributed by atoms with Crippen molar-refractivity contribution in [3.05, 3.63) is 0 Å². The van der Waals surface area contributed by atoms with Gasteiger partial charge in [0.2, 0.25) is 0 Å². The van der Waals surface area contributed by atoms with Gasteiger partial charge in [0.1, 0.15) is 0 Å². The zero-order valence-electron chi connectivity index (χ0n) is 10.0. The van der Waals surface area contributed by atoms with Crippen LogP contribution in [0, 0.1) is 5.92 Å². The first kappa shape index (κ1) is 11.9. The summed E-state index contributed by atoms with van der Waals surface area (Å²) in [4.78, 5) is 13.4. The summed E-state index contributed by atoms with van der Waals surface area (Å²) in [5.41, 5.74) is 0. The second kappa shape index (κ2) is 5.67. The summed E-state index contributed by atoms with van der Waals surface area (Å²) >= 11 is 0. The Kier molecular flexibility index (Phi) is 4.22. The third-order valence-electron chi connectivity index (χ3n) is 4.19. The predicted octanol–water partition coefficient (Wildman–Crippen LogP) is 2.51. The Morgan fingerprint density at radius 1 is 1.12 bits per heavy atom. The first-order valence-electron chi connectivity index (χ1n) is 6.73. The normalized spacial score (nSPS) is 25.8. The summed E-state index contributed by atoms with van der Waals surface area (Å²) in [7, 11) is 0. The summed E-state index contributed by atoms with van der Waals surface area (Å²) in [6.45, 7) is 2.24. The minimum Gasteiger partial charge on any atom is -0.481 e. The van der Waals surface area contributed by atoms with E-state index >= 15 is 0 Å². The van der Waals surface area contributed by atoms with Gasteiger partial charge in [-0.1, -0.05) is 19.3 Å². The standard InChI is InChI=1S/C13H23NO2/c15-13(16)10-12(14-8-4-5-9-14)11-6-2-1-3-7-11/h11-12H,1-10H2,(H,15,16). The van der Waals surface area contributed by atoms with Gasteiger partial charge >= 0.3 is 5.97 Å². The topological polar surface area (TPSA) is 40.5 Å². The van der Waals surface area contributed by atoms with Gasteiger partial charge in [0.25, 0.3) is 0 Å². The first-order chi connectivity index (χ1) is 7.77. The highest BCUT2D eigenvalue weighted by Gasteiger charge is 2.31. The predicted molar refractivity (Wildman–Crippen MR) is 63.4 cm³/mol. The van der Waals surface area contributed by atoms with E-state index in [1.165, 1.54) is 44.9 Å². The molecule has 2 fully saturated rings. The molecule has 1 saturated heterocycles. The van der Waals surface area contributed by atoms with Gasteiger partial charge in [-0.2, -0.15) is 0 Å². The maximum Gasteiger partial charge on any atom is 0.304 e. The fourth-order valence-electron chi connectivity index (χ4n) is 3.36. The minimum atomic E-state index is -0.623. The van der Waals surface area contributed by atoms with Crippen LogP contribution in [0.2, 0.25) is 0 Å². The highest BCUT2D eigenvalue weighted by Crippen LogP contribution is 2.32. The summed E-state index contributed by atoms with van der Waals surface area (Å²) in [5, 5.41) is 9.05. The maximum absolute atomic E-state index is 11.0. The molecule has 1 atom stereocenters. The van der Waals surface area contributed by atoms with Crippen LogP contribution in [0.3, 0.4) is 0 Å². The summed E-state index contributed by atoms with van der Waals surface area (Å²) < 4.78 is 0. The quantitative estimate of drug-likeness (QED) is 0.799. The van der Waals surface area contributed by atoms with Crippen LogP contribution in [0.5, 0.6) is 0 Å². The van der Waals surface area contributed by atoms with Crippen LogP contribution in [-0.4, -0.2) is 35.1 Å². The van der Waals surface area contributed by atoms with Crippen molar-refractivity contribution < 1.29 is 9.90 Å². The van der Waals surface area contributed by atoms with E-state index in [0.29, 0.717) is 18.4 Å². The van der Waals surface area contributed by atoms with E-state index in [0.717, 1.165) is 13.1 Å². The number of hydrogen-bond donors (Lipinski definition) is 1. The second-order valence-electron chi connectivity index (χ2n) is 5.31. The number of carboxylic acids is 1. The molecule has 1 N–H and O–H groups in total. The van der Waals surface area contributed by atoms with E-state index in [2.05, 4.69) is 4.90 Å². The molecule has 3 nitrogen and oxygen atoms in total. The molecule has 0 aromatic rings. The lowest BCUT2D eigenvalue weighted by Gasteiger charge is -2.35. The summed E-state index contributed by atoms with van der Waals surface area (Å²) in [6, 6.07) is 0.320. The van der Waals surface area contributed by atoms with Gasteiger partial charge in [-0.3, -0.25) is 9.69 Å². The van der Waals surface area contributed by atoms with Gasteiger partial charge in [0.15, 0.2) is 0 Å². The Bertz CT molecular complexity index is 230. The van der Waals surface area contributed by atoms with Gasteiger partial charge in [0, 0.05) is 6.04 Å². The smallest absolute Gasteiger partial charge is 0.304 e. The van der Waals surface area contributed by atoms with E-state index in [9.17, 15) is 4.79 Å². The van der Waals surface area contributed by atoms with E-state index < -0.39 is 5.97 Å². The lowest BCUT2D eigenvalue weighted by Crippen LogP contribution is -2.41. The van der Waals surface area contributed by atoms with Crippen molar-refractivity contribution in [3.63, 3.8) is 0 Å². The molecule has 0 aromatic carbocycles. The van der Waals surface area contributed by atoms with Crippen LogP contribution in [0.25, 0.3) is 0 Å². The SMILES string of the molecule is O=C(O)CC(C1CCCCC1)N1CCCC1. The molecule has 3 heteroatoms. The lowest BCUT2D eigenvalue weighted by atomic mass is 9.82. The largest absolute Gasteiger partial charge is 0.481 e. The molecular weight excluding hydrogens is 202 g/mol. The zero-order chi connectivity index (χ0) is 11.4. The van der Waals surface area contributed by atoms with E-state index in [-0.39, 0.29) is 0 Å². The Morgan fingerprint density at radius 3 is 2.31 bits per heavy atom. The van der Waals surface area contributed by atoms with Crippen LogP contribution in [0.4, 0.5) is 0 Å². The maximum atomic E-state index is 11.0. The summed E-state index contributed by atoms with van der Waals surface area (Å²) in [5.74, 6) is 0.0189. The molecule has 1 unspecified atom stereocenters.